The van der Waals surface area contributed by atoms with Crippen molar-refractivity contribution in [3.63, 3.8) is 0 Å². The molecule has 0 saturated carbocycles. The molecule has 0 atom stereocenters. The number of benzene rings is 2. The van der Waals surface area contributed by atoms with Crippen LogP contribution in [-0.2, 0) is 10.2 Å². The van der Waals surface area contributed by atoms with Crippen molar-refractivity contribution in [3.8, 4) is 0 Å². The molecule has 2 aromatic carbocycles. The second-order valence-electron chi connectivity index (χ2n) is 7.38. The van der Waals surface area contributed by atoms with Crippen molar-refractivity contribution in [1.82, 2.24) is 9.97 Å². The lowest BCUT2D eigenvalue weighted by molar-refractivity contribution is 0.0601. The molecule has 0 unspecified atom stereocenters. The highest BCUT2D eigenvalue weighted by Crippen LogP contribution is 2.31. The number of esters is 1. The Hall–Kier alpha value is -3.41. The molecule has 0 aliphatic carbocycles. The van der Waals surface area contributed by atoms with Gasteiger partial charge in [0.15, 0.2) is 0 Å². The van der Waals surface area contributed by atoms with E-state index in [9.17, 15) is 4.79 Å². The van der Waals surface area contributed by atoms with Crippen molar-refractivity contribution < 1.29 is 9.53 Å². The van der Waals surface area contributed by atoms with Crippen LogP contribution in [0.5, 0.6) is 0 Å². The highest BCUT2D eigenvalue weighted by Gasteiger charge is 2.17. The largest absolute Gasteiger partial charge is 0.465 e. The Morgan fingerprint density at radius 2 is 1.68 bits per heavy atom. The molecule has 6 nitrogen and oxygen atoms in total. The number of methoxy groups -OCH3 is 1. The highest BCUT2D eigenvalue weighted by molar-refractivity contribution is 5.89. The van der Waals surface area contributed by atoms with Gasteiger partial charge in [-0.25, -0.2) is 9.78 Å². The van der Waals surface area contributed by atoms with Crippen LogP contribution in [0.1, 0.15) is 36.7 Å². The predicted molar refractivity (Wildman–Crippen MR) is 112 cm³/mol. The smallest absolute Gasteiger partial charge is 0.337 e. The van der Waals surface area contributed by atoms with Crippen LogP contribution >= 0.6 is 0 Å². The SMILES string of the molecule is COC(=O)c1ccc(Nc2nccc(Nc3ccccc3C(C)(C)C)n2)cc1. The number of hydrogen-bond donors (Lipinski definition) is 2. The van der Waals surface area contributed by atoms with Crippen LogP contribution in [0, 0.1) is 0 Å². The molecule has 28 heavy (non-hydrogen) atoms. The van der Waals surface area contributed by atoms with Crippen LogP contribution < -0.4 is 10.6 Å². The summed E-state index contributed by atoms with van der Waals surface area (Å²) in [5.41, 5.74) is 3.51. The van der Waals surface area contributed by atoms with Gasteiger partial charge in [0.1, 0.15) is 5.82 Å². The number of nitrogens with one attached hydrogen (secondary N) is 2. The van der Waals surface area contributed by atoms with Crippen LogP contribution in [0.4, 0.5) is 23.1 Å². The molecular formula is C22H24N4O2. The van der Waals surface area contributed by atoms with Gasteiger partial charge in [-0.2, -0.15) is 4.98 Å². The first kappa shape index (κ1) is 19.4. The summed E-state index contributed by atoms with van der Waals surface area (Å²) in [5.74, 6) is 0.788. The van der Waals surface area contributed by atoms with Crippen molar-refractivity contribution in [1.29, 1.82) is 0 Å². The standard InChI is InChI=1S/C22H24N4O2/c1-22(2,3)17-7-5-6-8-18(17)25-19-13-14-23-21(26-19)24-16-11-9-15(10-12-16)20(27)28-4/h5-14H,1-4H3,(H2,23,24,25,26). The van der Waals surface area contributed by atoms with E-state index >= 15 is 0 Å². The fraction of sp³-hybridized carbons (Fsp3) is 0.227. The Kier molecular flexibility index (Phi) is 5.59. The maximum absolute atomic E-state index is 11.5. The van der Waals surface area contributed by atoms with E-state index in [1.165, 1.54) is 12.7 Å². The molecule has 0 saturated heterocycles. The Morgan fingerprint density at radius 1 is 0.964 bits per heavy atom. The number of para-hydroxylation sites is 1. The van der Waals surface area contributed by atoms with Gasteiger partial charge in [0, 0.05) is 17.6 Å². The number of ether oxygens (including phenoxy) is 1. The summed E-state index contributed by atoms with van der Waals surface area (Å²) in [7, 11) is 1.36. The van der Waals surface area contributed by atoms with E-state index < -0.39 is 0 Å². The second kappa shape index (κ2) is 8.08. The molecule has 0 radical (unpaired) electrons. The average Bonchev–Trinajstić information content (AvgIpc) is 2.68. The number of nitrogens with zero attached hydrogens (tertiary/aromatic N) is 2. The third-order valence-corrected chi connectivity index (χ3v) is 4.22. The van der Waals surface area contributed by atoms with Crippen molar-refractivity contribution in [2.45, 2.75) is 26.2 Å². The van der Waals surface area contributed by atoms with E-state index in [4.69, 9.17) is 4.74 Å². The van der Waals surface area contributed by atoms with Gasteiger partial charge in [-0.15, -0.1) is 0 Å². The summed E-state index contributed by atoms with van der Waals surface area (Å²) in [4.78, 5) is 20.3. The summed E-state index contributed by atoms with van der Waals surface area (Å²) >= 11 is 0. The normalized spacial score (nSPS) is 11.0. The van der Waals surface area contributed by atoms with Crippen LogP contribution in [-0.4, -0.2) is 23.0 Å². The molecule has 3 rings (SSSR count). The maximum Gasteiger partial charge on any atom is 0.337 e. The monoisotopic (exact) mass is 376 g/mol. The number of anilines is 4. The third kappa shape index (κ3) is 4.65. The van der Waals surface area contributed by atoms with Gasteiger partial charge in [-0.3, -0.25) is 0 Å². The molecule has 1 heterocycles. The molecule has 0 fully saturated rings. The molecule has 0 aliphatic heterocycles. The van der Waals surface area contributed by atoms with E-state index in [0.717, 1.165) is 11.4 Å². The van der Waals surface area contributed by atoms with E-state index in [1.54, 1.807) is 30.5 Å². The number of carbonyl (C=O) groups is 1. The Balaban J connectivity index is 1.77. The van der Waals surface area contributed by atoms with Crippen LogP contribution in [0.2, 0.25) is 0 Å². The van der Waals surface area contributed by atoms with Gasteiger partial charge in [0.2, 0.25) is 5.95 Å². The van der Waals surface area contributed by atoms with Gasteiger partial charge in [0.05, 0.1) is 12.7 Å². The lowest BCUT2D eigenvalue weighted by atomic mass is 9.86. The van der Waals surface area contributed by atoms with Crippen molar-refractivity contribution in [2.24, 2.45) is 0 Å². The first-order valence-electron chi connectivity index (χ1n) is 9.02. The molecule has 0 amide bonds. The second-order valence-corrected chi connectivity index (χ2v) is 7.38. The zero-order chi connectivity index (χ0) is 20.1. The van der Waals surface area contributed by atoms with Gasteiger partial charge in [-0.05, 0) is 47.4 Å². The maximum atomic E-state index is 11.5. The van der Waals surface area contributed by atoms with Gasteiger partial charge >= 0.3 is 5.97 Å². The van der Waals surface area contributed by atoms with Crippen molar-refractivity contribution in [2.75, 3.05) is 17.7 Å². The molecule has 144 valence electrons. The summed E-state index contributed by atoms with van der Waals surface area (Å²) < 4.78 is 4.71. The Labute approximate surface area is 165 Å². The zero-order valence-electron chi connectivity index (χ0n) is 16.5. The fourth-order valence-electron chi connectivity index (χ4n) is 2.81. The Bertz CT molecular complexity index is 963. The molecular weight excluding hydrogens is 352 g/mol. The quantitative estimate of drug-likeness (QED) is 0.607. The van der Waals surface area contributed by atoms with Gasteiger partial charge in [0.25, 0.3) is 0 Å². The first-order chi connectivity index (χ1) is 13.4. The van der Waals surface area contributed by atoms with E-state index in [0.29, 0.717) is 17.3 Å². The summed E-state index contributed by atoms with van der Waals surface area (Å²) in [6.45, 7) is 6.54. The molecule has 1 aromatic heterocycles. The number of rotatable bonds is 5. The molecule has 6 heteroatoms. The van der Waals surface area contributed by atoms with Crippen LogP contribution in [0.15, 0.2) is 60.8 Å². The molecule has 0 spiro atoms. The van der Waals surface area contributed by atoms with Crippen molar-refractivity contribution >= 4 is 29.1 Å². The molecule has 3 aromatic rings. The first-order valence-corrected chi connectivity index (χ1v) is 9.02. The topological polar surface area (TPSA) is 76.1 Å². The zero-order valence-corrected chi connectivity index (χ0v) is 16.5. The minimum atomic E-state index is -0.369. The van der Waals surface area contributed by atoms with E-state index in [2.05, 4.69) is 47.4 Å². The minimum absolute atomic E-state index is 0.0130. The third-order valence-electron chi connectivity index (χ3n) is 4.22. The number of carbonyl (C=O) groups excluding carboxylic acids is 1. The number of aromatic nitrogens is 2. The lowest BCUT2D eigenvalue weighted by Crippen LogP contribution is -2.13. The lowest BCUT2D eigenvalue weighted by Gasteiger charge is -2.23. The van der Waals surface area contributed by atoms with Gasteiger partial charge in [-0.1, -0.05) is 39.0 Å². The molecule has 0 bridgehead atoms. The predicted octanol–water partition coefficient (Wildman–Crippen LogP) is 5.05. The molecule has 2 N–H and O–H groups in total. The Morgan fingerprint density at radius 3 is 2.36 bits per heavy atom. The summed E-state index contributed by atoms with van der Waals surface area (Å²) in [6, 6.07) is 17.0. The van der Waals surface area contributed by atoms with E-state index in [-0.39, 0.29) is 11.4 Å². The average molecular weight is 376 g/mol. The molecule has 0 aliphatic rings. The van der Waals surface area contributed by atoms with Crippen LogP contribution in [0.3, 0.4) is 0 Å². The van der Waals surface area contributed by atoms with Crippen molar-refractivity contribution in [3.05, 3.63) is 71.9 Å². The highest BCUT2D eigenvalue weighted by atomic mass is 16.5. The number of hydrogen-bond acceptors (Lipinski definition) is 6. The fourth-order valence-corrected chi connectivity index (χ4v) is 2.81. The van der Waals surface area contributed by atoms with Gasteiger partial charge < -0.3 is 15.4 Å². The summed E-state index contributed by atoms with van der Waals surface area (Å²) in [6.07, 6.45) is 1.69. The minimum Gasteiger partial charge on any atom is -0.465 e. The van der Waals surface area contributed by atoms with Crippen LogP contribution in [0.25, 0.3) is 0 Å². The summed E-state index contributed by atoms with van der Waals surface area (Å²) in [5, 5.41) is 6.53. The van der Waals surface area contributed by atoms with E-state index in [1.807, 2.05) is 24.3 Å².